The van der Waals surface area contributed by atoms with Crippen molar-refractivity contribution < 1.29 is 0 Å². The van der Waals surface area contributed by atoms with E-state index >= 15 is 0 Å². The van der Waals surface area contributed by atoms with E-state index in [1.165, 1.54) is 62.5 Å². The highest BCUT2D eigenvalue weighted by Crippen LogP contribution is 2.48. The minimum Gasteiger partial charge on any atom is -0.0773 e. The van der Waals surface area contributed by atoms with Crippen molar-refractivity contribution in [3.8, 4) is 11.1 Å². The van der Waals surface area contributed by atoms with Gasteiger partial charge in [0.05, 0.1) is 0 Å². The maximum Gasteiger partial charge on any atom is 0.0105 e. The van der Waals surface area contributed by atoms with Crippen LogP contribution in [-0.4, -0.2) is 0 Å². The Morgan fingerprint density at radius 2 is 1.29 bits per heavy atom. The minimum atomic E-state index is 0.555. The van der Waals surface area contributed by atoms with Gasteiger partial charge in [-0.2, -0.15) is 0 Å². The summed E-state index contributed by atoms with van der Waals surface area (Å²) in [5.41, 5.74) is 6.00. The van der Waals surface area contributed by atoms with Crippen LogP contribution < -0.4 is 0 Å². The van der Waals surface area contributed by atoms with Crippen molar-refractivity contribution in [2.45, 2.75) is 64.2 Å². The lowest BCUT2D eigenvalue weighted by atomic mass is 9.78. The van der Waals surface area contributed by atoms with Crippen molar-refractivity contribution in [3.63, 3.8) is 0 Å². The molecule has 0 aromatic heterocycles. The van der Waals surface area contributed by atoms with E-state index in [4.69, 9.17) is 0 Å². The molecule has 0 N–H and O–H groups in total. The van der Waals surface area contributed by atoms with Crippen LogP contribution in [-0.2, 0) is 0 Å². The Labute approximate surface area is 171 Å². The van der Waals surface area contributed by atoms with Gasteiger partial charge in [0.25, 0.3) is 0 Å². The quantitative estimate of drug-likeness (QED) is 0.369. The van der Waals surface area contributed by atoms with Gasteiger partial charge in [-0.1, -0.05) is 118 Å². The molecule has 0 fully saturated rings. The van der Waals surface area contributed by atoms with Crippen molar-refractivity contribution in [2.75, 3.05) is 0 Å². The SMILES string of the molecule is CCCCCCCCC(CC1c2ccccc2-c2ccccc21)C1C=CC=C1. The Balaban J connectivity index is 1.49. The van der Waals surface area contributed by atoms with Gasteiger partial charge in [-0.25, -0.2) is 0 Å². The second-order valence-electron chi connectivity index (χ2n) is 8.63. The zero-order valence-corrected chi connectivity index (χ0v) is 17.3. The summed E-state index contributed by atoms with van der Waals surface area (Å²) in [4.78, 5) is 0. The van der Waals surface area contributed by atoms with Gasteiger partial charge in [0.2, 0.25) is 0 Å². The van der Waals surface area contributed by atoms with Crippen molar-refractivity contribution in [1.82, 2.24) is 0 Å². The molecule has 0 saturated heterocycles. The highest BCUT2D eigenvalue weighted by molar-refractivity contribution is 5.78. The number of benzene rings is 2. The van der Waals surface area contributed by atoms with Crippen LogP contribution in [0.15, 0.2) is 72.8 Å². The number of hydrogen-bond donors (Lipinski definition) is 0. The molecule has 0 radical (unpaired) electrons. The molecule has 0 spiro atoms. The lowest BCUT2D eigenvalue weighted by molar-refractivity contribution is 0.362. The van der Waals surface area contributed by atoms with Crippen molar-refractivity contribution in [3.05, 3.63) is 84.0 Å². The zero-order chi connectivity index (χ0) is 19.2. The van der Waals surface area contributed by atoms with Gasteiger partial charge in [0.15, 0.2) is 0 Å². The first-order chi connectivity index (χ1) is 13.9. The van der Waals surface area contributed by atoms with Crippen LogP contribution in [0.25, 0.3) is 11.1 Å². The number of fused-ring (bicyclic) bond motifs is 3. The lowest BCUT2D eigenvalue weighted by Crippen LogP contribution is -2.14. The highest BCUT2D eigenvalue weighted by atomic mass is 14.3. The maximum absolute atomic E-state index is 2.43. The molecular formula is C28H34. The molecule has 2 aliphatic rings. The van der Waals surface area contributed by atoms with Crippen LogP contribution in [0.1, 0.15) is 75.3 Å². The number of allylic oxidation sites excluding steroid dienone is 4. The molecule has 0 amide bonds. The summed E-state index contributed by atoms with van der Waals surface area (Å²) in [6, 6.07) is 18.2. The van der Waals surface area contributed by atoms with E-state index in [1.54, 1.807) is 11.1 Å². The summed E-state index contributed by atoms with van der Waals surface area (Å²) >= 11 is 0. The average molecular weight is 371 g/mol. The van der Waals surface area contributed by atoms with Crippen LogP contribution in [0.2, 0.25) is 0 Å². The second-order valence-corrected chi connectivity index (χ2v) is 8.63. The third-order valence-corrected chi connectivity index (χ3v) is 6.75. The molecule has 0 heteroatoms. The van der Waals surface area contributed by atoms with E-state index < -0.39 is 0 Å². The zero-order valence-electron chi connectivity index (χ0n) is 17.3. The molecule has 1 unspecified atom stereocenters. The number of rotatable bonds is 10. The van der Waals surface area contributed by atoms with Gasteiger partial charge < -0.3 is 0 Å². The smallest absolute Gasteiger partial charge is 0.0105 e. The predicted octanol–water partition coefficient (Wildman–Crippen LogP) is 8.30. The molecule has 146 valence electrons. The number of hydrogen-bond acceptors (Lipinski definition) is 0. The fraction of sp³-hybridized carbons (Fsp3) is 0.429. The molecule has 28 heavy (non-hydrogen) atoms. The van der Waals surface area contributed by atoms with E-state index in [0.717, 1.165) is 5.92 Å². The third-order valence-electron chi connectivity index (χ3n) is 6.75. The predicted molar refractivity (Wildman–Crippen MR) is 122 cm³/mol. The van der Waals surface area contributed by atoms with Crippen LogP contribution in [0.5, 0.6) is 0 Å². The van der Waals surface area contributed by atoms with E-state index in [9.17, 15) is 0 Å². The van der Waals surface area contributed by atoms with Gasteiger partial charge in [-0.15, -0.1) is 0 Å². The van der Waals surface area contributed by atoms with E-state index in [0.29, 0.717) is 11.8 Å². The monoisotopic (exact) mass is 370 g/mol. The molecule has 0 heterocycles. The van der Waals surface area contributed by atoms with Gasteiger partial charge in [-0.05, 0) is 46.9 Å². The standard InChI is InChI=1S/C28H34/c1-2-3-4-5-6-7-16-23(22-14-8-9-15-22)21-28-26-19-12-10-17-24(26)25-18-11-13-20-27(25)28/h8-15,17-20,22-23,28H,2-7,16,21H2,1H3. The summed E-state index contributed by atoms with van der Waals surface area (Å²) in [5, 5.41) is 0. The molecule has 0 nitrogen and oxygen atoms in total. The summed E-state index contributed by atoms with van der Waals surface area (Å²) < 4.78 is 0. The van der Waals surface area contributed by atoms with Crippen LogP contribution in [0.3, 0.4) is 0 Å². The topological polar surface area (TPSA) is 0 Å². The Hall–Kier alpha value is -2.08. The van der Waals surface area contributed by atoms with Crippen LogP contribution in [0.4, 0.5) is 0 Å². The summed E-state index contributed by atoms with van der Waals surface area (Å²) in [6.45, 7) is 2.30. The van der Waals surface area contributed by atoms with E-state index in [1.807, 2.05) is 0 Å². The van der Waals surface area contributed by atoms with Gasteiger partial charge in [-0.3, -0.25) is 0 Å². The van der Waals surface area contributed by atoms with Crippen molar-refractivity contribution in [2.24, 2.45) is 11.8 Å². The third kappa shape index (κ3) is 4.17. The normalized spacial score (nSPS) is 16.5. The molecule has 2 aromatic carbocycles. The average Bonchev–Trinajstić information content (AvgIpc) is 3.37. The molecule has 0 aliphatic heterocycles. The molecule has 1 atom stereocenters. The molecule has 0 saturated carbocycles. The molecule has 0 bridgehead atoms. The summed E-state index contributed by atoms with van der Waals surface area (Å²) in [7, 11) is 0. The Morgan fingerprint density at radius 3 is 1.93 bits per heavy atom. The molecule has 4 rings (SSSR count). The van der Waals surface area contributed by atoms with Gasteiger partial charge in [0, 0.05) is 5.92 Å². The first kappa shape index (κ1) is 19.2. The van der Waals surface area contributed by atoms with E-state index in [-0.39, 0.29) is 0 Å². The van der Waals surface area contributed by atoms with E-state index in [2.05, 4.69) is 79.8 Å². The molecule has 2 aromatic rings. The van der Waals surface area contributed by atoms with Crippen LogP contribution >= 0.6 is 0 Å². The van der Waals surface area contributed by atoms with Gasteiger partial charge >= 0.3 is 0 Å². The second kappa shape index (κ2) is 9.41. The lowest BCUT2D eigenvalue weighted by Gasteiger charge is -2.26. The minimum absolute atomic E-state index is 0.555. The van der Waals surface area contributed by atoms with Crippen LogP contribution in [0, 0.1) is 11.8 Å². The number of unbranched alkanes of at least 4 members (excludes halogenated alkanes) is 5. The Bertz CT molecular complexity index is 768. The Kier molecular flexibility index (Phi) is 6.47. The Morgan fingerprint density at radius 1 is 0.714 bits per heavy atom. The van der Waals surface area contributed by atoms with Crippen molar-refractivity contribution in [1.29, 1.82) is 0 Å². The molecule has 2 aliphatic carbocycles. The first-order valence-corrected chi connectivity index (χ1v) is 11.4. The summed E-state index contributed by atoms with van der Waals surface area (Å²) in [5.74, 6) is 1.92. The van der Waals surface area contributed by atoms with Crippen molar-refractivity contribution >= 4 is 0 Å². The summed E-state index contributed by atoms with van der Waals surface area (Å²) in [6.07, 6.45) is 20.3. The fourth-order valence-corrected chi connectivity index (χ4v) is 5.23. The highest BCUT2D eigenvalue weighted by Gasteiger charge is 2.31. The van der Waals surface area contributed by atoms with Gasteiger partial charge in [0.1, 0.15) is 0 Å². The molecular weight excluding hydrogens is 336 g/mol. The maximum atomic E-state index is 2.43. The largest absolute Gasteiger partial charge is 0.0773 e. The fourth-order valence-electron chi connectivity index (χ4n) is 5.23. The first-order valence-electron chi connectivity index (χ1n) is 11.4.